The van der Waals surface area contributed by atoms with Gasteiger partial charge in [0.15, 0.2) is 0 Å². The normalized spacial score (nSPS) is 10.2. The molecule has 0 saturated heterocycles. The monoisotopic (exact) mass is 242 g/mol. The van der Waals surface area contributed by atoms with E-state index >= 15 is 0 Å². The van der Waals surface area contributed by atoms with E-state index in [1.807, 2.05) is 0 Å². The maximum Gasteiger partial charge on any atom is 0.354 e. The first kappa shape index (κ1) is 15.4. The third kappa shape index (κ3) is 3.19. The van der Waals surface area contributed by atoms with Crippen LogP contribution >= 0.6 is 0 Å². The molecule has 0 fully saturated rings. The molecule has 0 aromatic rings. The second-order valence-electron chi connectivity index (χ2n) is 3.65. The molecule has 0 radical (unpaired) electrons. The highest BCUT2D eigenvalue weighted by Crippen LogP contribution is 2.23. The van der Waals surface area contributed by atoms with Crippen LogP contribution in [0, 0.1) is 0 Å². The highest BCUT2D eigenvalue weighted by atomic mass is 16.6. The molecule has 0 aliphatic carbocycles. The van der Waals surface area contributed by atoms with E-state index in [-0.39, 0.29) is 12.0 Å². The van der Waals surface area contributed by atoms with Crippen LogP contribution in [0.1, 0.15) is 27.2 Å². The summed E-state index contributed by atoms with van der Waals surface area (Å²) in [5, 5.41) is 10.2. The number of carbonyl (C=O) groups is 2. The molecular weight excluding hydrogens is 224 g/mol. The molecule has 0 heterocycles. The Labute approximate surface area is 101 Å². The lowest BCUT2D eigenvalue weighted by molar-refractivity contribution is -0.175. The smallest absolute Gasteiger partial charge is 0.354 e. The second-order valence-corrected chi connectivity index (χ2v) is 3.65. The number of carbonyl (C=O) groups excluding carboxylic acids is 2. The molecule has 0 aliphatic heterocycles. The molecule has 0 atom stereocenters. The van der Waals surface area contributed by atoms with E-state index in [0.29, 0.717) is 0 Å². The third-order valence-corrected chi connectivity index (χ3v) is 2.15. The van der Waals surface area contributed by atoms with E-state index in [2.05, 4.69) is 15.2 Å². The van der Waals surface area contributed by atoms with E-state index in [9.17, 15) is 14.7 Å². The van der Waals surface area contributed by atoms with Crippen LogP contribution in [0.3, 0.4) is 0 Å². The summed E-state index contributed by atoms with van der Waals surface area (Å²) in [4.78, 5) is 23.1. The van der Waals surface area contributed by atoms with Crippen molar-refractivity contribution in [3.63, 3.8) is 0 Å². The Morgan fingerprint density at radius 2 is 1.59 bits per heavy atom. The summed E-state index contributed by atoms with van der Waals surface area (Å²) in [6.07, 6.45) is 0.270. The summed E-state index contributed by atoms with van der Waals surface area (Å²) in [5.74, 6) is -2.15. The van der Waals surface area contributed by atoms with Crippen LogP contribution in [0.25, 0.3) is 0 Å². The predicted octanol–water partition coefficient (Wildman–Crippen LogP) is 0.965. The molecule has 1 N–H and O–H groups in total. The highest BCUT2D eigenvalue weighted by molar-refractivity contribution is 6.06. The first-order valence-corrected chi connectivity index (χ1v) is 5.17. The minimum atomic E-state index is -2.42. The average molecular weight is 242 g/mol. The summed E-state index contributed by atoms with van der Waals surface area (Å²) < 4.78 is 8.89. The highest BCUT2D eigenvalue weighted by Gasteiger charge is 2.49. The third-order valence-electron chi connectivity index (χ3n) is 2.15. The largest absolute Gasteiger partial charge is 0.466 e. The van der Waals surface area contributed by atoms with Crippen LogP contribution in [-0.4, -0.2) is 36.9 Å². The van der Waals surface area contributed by atoms with Gasteiger partial charge in [-0.15, -0.1) is 5.73 Å². The van der Waals surface area contributed by atoms with E-state index in [4.69, 9.17) is 0 Å². The van der Waals surface area contributed by atoms with Crippen molar-refractivity contribution in [2.45, 2.75) is 32.8 Å². The van der Waals surface area contributed by atoms with Crippen LogP contribution < -0.4 is 0 Å². The first-order chi connectivity index (χ1) is 7.84. The van der Waals surface area contributed by atoms with Crippen LogP contribution in [0.2, 0.25) is 0 Å². The zero-order chi connectivity index (χ0) is 13.6. The van der Waals surface area contributed by atoms with Gasteiger partial charge in [0.2, 0.25) is 0 Å². The maximum absolute atomic E-state index is 11.6. The molecule has 0 aromatic heterocycles. The van der Waals surface area contributed by atoms with Gasteiger partial charge in [-0.2, -0.15) is 0 Å². The minimum Gasteiger partial charge on any atom is -0.466 e. The Kier molecular flexibility index (Phi) is 5.65. The lowest BCUT2D eigenvalue weighted by Gasteiger charge is -2.23. The molecule has 17 heavy (non-hydrogen) atoms. The van der Waals surface area contributed by atoms with Gasteiger partial charge in [-0.1, -0.05) is 6.92 Å². The Balaban J connectivity index is 5.87. The molecule has 5 nitrogen and oxygen atoms in total. The predicted molar refractivity (Wildman–Crippen MR) is 61.2 cm³/mol. The Morgan fingerprint density at radius 1 is 1.18 bits per heavy atom. The molecule has 5 heteroatoms. The van der Waals surface area contributed by atoms with Gasteiger partial charge in [0.1, 0.15) is 0 Å². The Morgan fingerprint density at radius 3 is 1.82 bits per heavy atom. The second kappa shape index (κ2) is 6.23. The van der Waals surface area contributed by atoms with Crippen molar-refractivity contribution < 1.29 is 24.2 Å². The Hall–Kier alpha value is -1.58. The van der Waals surface area contributed by atoms with Gasteiger partial charge in [0, 0.05) is 5.57 Å². The van der Waals surface area contributed by atoms with Crippen molar-refractivity contribution in [2.75, 3.05) is 14.2 Å². The molecule has 0 unspecified atom stereocenters. The van der Waals surface area contributed by atoms with Crippen molar-refractivity contribution in [3.05, 3.63) is 16.9 Å². The van der Waals surface area contributed by atoms with Gasteiger partial charge in [-0.05, 0) is 25.8 Å². The van der Waals surface area contributed by atoms with Crippen LogP contribution in [0.4, 0.5) is 0 Å². The standard InChI is InChI=1S/C12H18O5/c1-6-9(7-8(2)3)12(15,10(13)16-4)11(14)17-5/h15H,6H2,1-5H3. The number of aliphatic hydroxyl groups is 1. The minimum absolute atomic E-state index is 0.121. The number of methoxy groups -OCH3 is 2. The van der Waals surface area contributed by atoms with Gasteiger partial charge in [-0.3, -0.25) is 0 Å². The maximum atomic E-state index is 11.6. The van der Waals surface area contributed by atoms with Gasteiger partial charge in [0.05, 0.1) is 14.2 Å². The van der Waals surface area contributed by atoms with Crippen molar-refractivity contribution in [3.8, 4) is 0 Å². The molecule has 0 bridgehead atoms. The van der Waals surface area contributed by atoms with Gasteiger partial charge < -0.3 is 14.6 Å². The zero-order valence-corrected chi connectivity index (χ0v) is 10.8. The SMILES string of the molecule is CCC(=C=C(C)C)C(O)(C(=O)OC)C(=O)OC. The quantitative estimate of drug-likeness (QED) is 0.451. The molecule has 0 rings (SSSR count). The van der Waals surface area contributed by atoms with E-state index < -0.39 is 17.5 Å². The van der Waals surface area contributed by atoms with E-state index in [0.717, 1.165) is 19.8 Å². The topological polar surface area (TPSA) is 72.8 Å². The molecule has 96 valence electrons. The van der Waals surface area contributed by atoms with Crippen molar-refractivity contribution in [1.29, 1.82) is 0 Å². The Bertz CT molecular complexity index is 354. The van der Waals surface area contributed by atoms with Crippen molar-refractivity contribution >= 4 is 11.9 Å². The summed E-state index contributed by atoms with van der Waals surface area (Å²) in [5.41, 5.74) is 1.21. The molecule has 0 amide bonds. The first-order valence-electron chi connectivity index (χ1n) is 5.17. The van der Waals surface area contributed by atoms with E-state index in [1.54, 1.807) is 20.8 Å². The van der Waals surface area contributed by atoms with Gasteiger partial charge in [0.25, 0.3) is 5.60 Å². The van der Waals surface area contributed by atoms with Crippen LogP contribution in [0.5, 0.6) is 0 Å². The number of hydrogen-bond donors (Lipinski definition) is 1. The molecule has 0 aromatic carbocycles. The zero-order valence-electron chi connectivity index (χ0n) is 10.8. The average Bonchev–Trinajstić information content (AvgIpc) is 2.32. The number of rotatable bonds is 4. The molecular formula is C12H18O5. The molecule has 0 spiro atoms. The summed E-state index contributed by atoms with van der Waals surface area (Å²) in [6, 6.07) is 0. The number of ether oxygens (including phenoxy) is 2. The van der Waals surface area contributed by atoms with E-state index in [1.165, 1.54) is 0 Å². The van der Waals surface area contributed by atoms with Gasteiger partial charge >= 0.3 is 11.9 Å². The summed E-state index contributed by atoms with van der Waals surface area (Å²) in [6.45, 7) is 5.18. The van der Waals surface area contributed by atoms with Gasteiger partial charge in [-0.25, -0.2) is 9.59 Å². The number of hydrogen-bond acceptors (Lipinski definition) is 5. The molecule has 0 aliphatic rings. The molecule has 0 saturated carbocycles. The lowest BCUT2D eigenvalue weighted by Crippen LogP contribution is -2.49. The van der Waals surface area contributed by atoms with Crippen LogP contribution in [0.15, 0.2) is 16.9 Å². The summed E-state index contributed by atoms with van der Waals surface area (Å²) >= 11 is 0. The fraction of sp³-hybridized carbons (Fsp3) is 0.583. The van der Waals surface area contributed by atoms with Crippen LogP contribution in [-0.2, 0) is 19.1 Å². The van der Waals surface area contributed by atoms with Crippen molar-refractivity contribution in [2.24, 2.45) is 0 Å². The number of esters is 2. The van der Waals surface area contributed by atoms with Crippen molar-refractivity contribution in [1.82, 2.24) is 0 Å². The fourth-order valence-corrected chi connectivity index (χ4v) is 1.36. The fourth-order valence-electron chi connectivity index (χ4n) is 1.36. The lowest BCUT2D eigenvalue weighted by atomic mass is 9.91. The summed E-state index contributed by atoms with van der Waals surface area (Å²) in [7, 11) is 2.18.